The summed E-state index contributed by atoms with van der Waals surface area (Å²) >= 11 is 0. The average molecular weight is 340 g/mol. The molecular weight excluding hydrogens is 324 g/mol. The van der Waals surface area contributed by atoms with E-state index in [2.05, 4.69) is 15.4 Å². The number of nitrogens with zero attached hydrogens (tertiary/aromatic N) is 3. The van der Waals surface area contributed by atoms with Crippen LogP contribution in [0.4, 0.5) is 10.5 Å². The van der Waals surface area contributed by atoms with Crippen LogP contribution in [0.25, 0.3) is 22.6 Å². The van der Waals surface area contributed by atoms with Gasteiger partial charge in [0, 0.05) is 30.2 Å². The lowest BCUT2D eigenvalue weighted by molar-refractivity contribution is 0.210. The van der Waals surface area contributed by atoms with E-state index in [1.807, 2.05) is 13.0 Å². The second kappa shape index (κ2) is 6.60. The molecule has 0 bridgehead atoms. The standard InChI is InChI=1S/C17H16N4O4/c1-3-14-13(10-4-6-12(7-5-10)19-16(22)23)8-11(9-18-14)15-20-21(2)17(24)25-15/h4-9,19H,3H2,1-2H3,(H,22,23). The summed E-state index contributed by atoms with van der Waals surface area (Å²) in [7, 11) is 1.51. The fourth-order valence-electron chi connectivity index (χ4n) is 2.46. The molecule has 0 saturated carbocycles. The molecule has 128 valence electrons. The molecule has 25 heavy (non-hydrogen) atoms. The normalized spacial score (nSPS) is 10.6. The topological polar surface area (TPSA) is 110 Å². The summed E-state index contributed by atoms with van der Waals surface area (Å²) in [6.07, 6.45) is 1.22. The van der Waals surface area contributed by atoms with E-state index in [1.165, 1.54) is 7.05 Å². The number of benzene rings is 1. The first-order valence-electron chi connectivity index (χ1n) is 7.61. The minimum Gasteiger partial charge on any atom is -0.465 e. The molecule has 2 aromatic heterocycles. The molecule has 0 spiro atoms. The van der Waals surface area contributed by atoms with Gasteiger partial charge >= 0.3 is 11.8 Å². The second-order valence-corrected chi connectivity index (χ2v) is 5.38. The molecule has 1 aromatic carbocycles. The molecule has 1 amide bonds. The number of aryl methyl sites for hydroxylation is 2. The van der Waals surface area contributed by atoms with Crippen molar-refractivity contribution in [2.45, 2.75) is 13.3 Å². The first-order chi connectivity index (χ1) is 12.0. The van der Waals surface area contributed by atoms with Gasteiger partial charge in [-0.05, 0) is 30.2 Å². The van der Waals surface area contributed by atoms with Gasteiger partial charge < -0.3 is 9.52 Å². The fourth-order valence-corrected chi connectivity index (χ4v) is 2.46. The van der Waals surface area contributed by atoms with Gasteiger partial charge in [0.05, 0.1) is 5.56 Å². The summed E-state index contributed by atoms with van der Waals surface area (Å²) in [6.45, 7) is 1.99. The van der Waals surface area contributed by atoms with E-state index in [0.717, 1.165) is 27.9 Å². The number of hydrogen-bond donors (Lipinski definition) is 2. The summed E-state index contributed by atoms with van der Waals surface area (Å²) in [4.78, 5) is 26.6. The lowest BCUT2D eigenvalue weighted by atomic mass is 10.0. The van der Waals surface area contributed by atoms with Crippen LogP contribution < -0.4 is 11.1 Å². The molecule has 0 radical (unpaired) electrons. The maximum Gasteiger partial charge on any atom is 0.437 e. The zero-order chi connectivity index (χ0) is 18.0. The third-order valence-corrected chi connectivity index (χ3v) is 3.69. The Bertz CT molecular complexity index is 973. The Morgan fingerprint density at radius 3 is 2.56 bits per heavy atom. The highest BCUT2D eigenvalue weighted by Gasteiger charge is 2.13. The molecule has 0 aliphatic carbocycles. The van der Waals surface area contributed by atoms with Crippen molar-refractivity contribution in [2.24, 2.45) is 7.05 Å². The van der Waals surface area contributed by atoms with E-state index in [1.54, 1.807) is 30.5 Å². The third kappa shape index (κ3) is 3.42. The van der Waals surface area contributed by atoms with Gasteiger partial charge in [-0.2, -0.15) is 4.68 Å². The largest absolute Gasteiger partial charge is 0.465 e. The van der Waals surface area contributed by atoms with E-state index >= 15 is 0 Å². The van der Waals surface area contributed by atoms with E-state index in [9.17, 15) is 9.59 Å². The molecule has 2 heterocycles. The number of anilines is 1. The van der Waals surface area contributed by atoms with E-state index in [0.29, 0.717) is 11.3 Å². The van der Waals surface area contributed by atoms with Gasteiger partial charge in [0.1, 0.15) is 0 Å². The zero-order valence-corrected chi connectivity index (χ0v) is 13.7. The Morgan fingerprint density at radius 2 is 2.00 bits per heavy atom. The van der Waals surface area contributed by atoms with Gasteiger partial charge in [-0.15, -0.1) is 5.10 Å². The van der Waals surface area contributed by atoms with E-state index < -0.39 is 11.8 Å². The van der Waals surface area contributed by atoms with E-state index in [-0.39, 0.29) is 5.89 Å². The second-order valence-electron chi connectivity index (χ2n) is 5.38. The van der Waals surface area contributed by atoms with Gasteiger partial charge in [0.15, 0.2) is 0 Å². The van der Waals surface area contributed by atoms with Crippen molar-refractivity contribution >= 4 is 11.8 Å². The highest BCUT2D eigenvalue weighted by Crippen LogP contribution is 2.28. The fraction of sp³-hybridized carbons (Fsp3) is 0.176. The molecule has 3 rings (SSSR count). The summed E-state index contributed by atoms with van der Waals surface area (Å²) < 4.78 is 6.23. The van der Waals surface area contributed by atoms with Crippen LogP contribution in [0.3, 0.4) is 0 Å². The summed E-state index contributed by atoms with van der Waals surface area (Å²) in [5, 5.41) is 15.1. The molecule has 0 aliphatic heterocycles. The maximum absolute atomic E-state index is 11.5. The quantitative estimate of drug-likeness (QED) is 0.755. The van der Waals surface area contributed by atoms with Crippen molar-refractivity contribution in [3.63, 3.8) is 0 Å². The summed E-state index contributed by atoms with van der Waals surface area (Å²) in [5.74, 6) is -0.340. The Morgan fingerprint density at radius 1 is 1.28 bits per heavy atom. The number of rotatable bonds is 4. The first-order valence-corrected chi connectivity index (χ1v) is 7.61. The number of carbonyl (C=O) groups is 1. The number of pyridine rings is 1. The minimum atomic E-state index is -1.11. The molecule has 0 saturated heterocycles. The van der Waals surface area contributed by atoms with Crippen molar-refractivity contribution in [3.05, 3.63) is 52.8 Å². The summed E-state index contributed by atoms with van der Waals surface area (Å²) in [5.41, 5.74) is 3.70. The number of hydrogen-bond acceptors (Lipinski definition) is 5. The SMILES string of the molecule is CCc1ncc(-c2nn(C)c(=O)o2)cc1-c1ccc(NC(=O)O)cc1. The van der Waals surface area contributed by atoms with Crippen LogP contribution in [-0.2, 0) is 13.5 Å². The van der Waals surface area contributed by atoms with Crippen LogP contribution in [-0.4, -0.2) is 26.0 Å². The van der Waals surface area contributed by atoms with Crippen molar-refractivity contribution in [2.75, 3.05) is 5.32 Å². The number of nitrogens with one attached hydrogen (secondary N) is 1. The van der Waals surface area contributed by atoms with Crippen molar-refractivity contribution in [1.82, 2.24) is 14.8 Å². The van der Waals surface area contributed by atoms with Crippen LogP contribution in [0, 0.1) is 0 Å². The Balaban J connectivity index is 2.03. The van der Waals surface area contributed by atoms with E-state index in [4.69, 9.17) is 9.52 Å². The van der Waals surface area contributed by atoms with Crippen LogP contribution in [0.5, 0.6) is 0 Å². The maximum atomic E-state index is 11.5. The molecule has 0 aliphatic rings. The third-order valence-electron chi connectivity index (χ3n) is 3.69. The Labute approximate surface area is 142 Å². The molecule has 3 aromatic rings. The van der Waals surface area contributed by atoms with Gasteiger partial charge in [0.2, 0.25) is 0 Å². The number of amides is 1. The highest BCUT2D eigenvalue weighted by atomic mass is 16.4. The Kier molecular flexibility index (Phi) is 4.34. The van der Waals surface area contributed by atoms with Crippen molar-refractivity contribution in [1.29, 1.82) is 0 Å². The molecular formula is C17H16N4O4. The summed E-state index contributed by atoms with van der Waals surface area (Å²) in [6, 6.07) is 8.82. The average Bonchev–Trinajstić information content (AvgIpc) is 2.93. The van der Waals surface area contributed by atoms with Crippen molar-refractivity contribution in [3.8, 4) is 22.6 Å². The zero-order valence-electron chi connectivity index (χ0n) is 13.7. The molecule has 2 N–H and O–H groups in total. The minimum absolute atomic E-state index is 0.202. The first kappa shape index (κ1) is 16.4. The Hall–Kier alpha value is -3.42. The van der Waals surface area contributed by atoms with Crippen LogP contribution in [0.15, 0.2) is 45.7 Å². The van der Waals surface area contributed by atoms with Crippen LogP contribution >= 0.6 is 0 Å². The monoisotopic (exact) mass is 340 g/mol. The van der Waals surface area contributed by atoms with Crippen LogP contribution in [0.1, 0.15) is 12.6 Å². The molecule has 0 unspecified atom stereocenters. The number of aromatic nitrogens is 3. The lowest BCUT2D eigenvalue weighted by Gasteiger charge is -2.09. The van der Waals surface area contributed by atoms with Gasteiger partial charge in [0.25, 0.3) is 5.89 Å². The van der Waals surface area contributed by atoms with Crippen LogP contribution in [0.2, 0.25) is 0 Å². The predicted molar refractivity (Wildman–Crippen MR) is 91.4 cm³/mol. The highest BCUT2D eigenvalue weighted by molar-refractivity contribution is 5.83. The van der Waals surface area contributed by atoms with Gasteiger partial charge in [-0.3, -0.25) is 10.3 Å². The molecule has 0 fully saturated rings. The molecule has 8 heteroatoms. The van der Waals surface area contributed by atoms with Gasteiger partial charge in [-0.25, -0.2) is 9.59 Å². The van der Waals surface area contributed by atoms with Crippen molar-refractivity contribution < 1.29 is 14.3 Å². The predicted octanol–water partition coefficient (Wildman–Crippen LogP) is 2.75. The molecule has 0 atom stereocenters. The number of carboxylic acid groups (broad SMARTS) is 1. The smallest absolute Gasteiger partial charge is 0.437 e. The van der Waals surface area contributed by atoms with Gasteiger partial charge in [-0.1, -0.05) is 19.1 Å². The molecule has 8 nitrogen and oxygen atoms in total. The lowest BCUT2D eigenvalue weighted by Crippen LogP contribution is -2.09.